The first-order valence-electron chi connectivity index (χ1n) is 10.1. The maximum Gasteiger partial charge on any atom is 0.332 e. The second kappa shape index (κ2) is 8.59. The Hall–Kier alpha value is -3.68. The summed E-state index contributed by atoms with van der Waals surface area (Å²) in [6.45, 7) is 0.737. The van der Waals surface area contributed by atoms with Crippen LogP contribution in [0.2, 0.25) is 0 Å². The highest BCUT2D eigenvalue weighted by molar-refractivity contribution is 5.74. The lowest BCUT2D eigenvalue weighted by Crippen LogP contribution is -2.37. The molecule has 0 saturated heterocycles. The summed E-state index contributed by atoms with van der Waals surface area (Å²) in [5.74, 6) is 0.0747. The van der Waals surface area contributed by atoms with Crippen LogP contribution in [0.3, 0.4) is 0 Å². The summed E-state index contributed by atoms with van der Waals surface area (Å²) in [7, 11) is 3.00. The van der Waals surface area contributed by atoms with Crippen molar-refractivity contribution in [1.29, 1.82) is 0 Å². The molecule has 0 bridgehead atoms. The van der Waals surface area contributed by atoms with Crippen molar-refractivity contribution < 1.29 is 4.39 Å². The molecule has 8 heteroatoms. The molecule has 0 aliphatic heterocycles. The first-order valence-corrected chi connectivity index (χ1v) is 10.1. The Balaban J connectivity index is 1.70. The highest BCUT2D eigenvalue weighted by Crippen LogP contribution is 2.19. The monoisotopic (exact) mass is 421 g/mol. The van der Waals surface area contributed by atoms with E-state index in [0.29, 0.717) is 18.1 Å². The van der Waals surface area contributed by atoms with Gasteiger partial charge in [-0.05, 0) is 24.5 Å². The van der Waals surface area contributed by atoms with Gasteiger partial charge in [0.05, 0.1) is 6.54 Å². The number of aryl methyl sites for hydroxylation is 2. The predicted molar refractivity (Wildman–Crippen MR) is 119 cm³/mol. The third kappa shape index (κ3) is 4.01. The zero-order valence-electron chi connectivity index (χ0n) is 17.5. The highest BCUT2D eigenvalue weighted by Gasteiger charge is 2.20. The van der Waals surface area contributed by atoms with Crippen LogP contribution in [0.15, 0.2) is 64.2 Å². The largest absolute Gasteiger partial charge is 0.356 e. The van der Waals surface area contributed by atoms with E-state index in [1.165, 1.54) is 23.2 Å². The van der Waals surface area contributed by atoms with E-state index in [1.807, 2.05) is 18.2 Å². The van der Waals surface area contributed by atoms with Gasteiger partial charge in [0.2, 0.25) is 5.95 Å². The van der Waals surface area contributed by atoms with Gasteiger partial charge in [0, 0.05) is 26.2 Å². The number of anilines is 1. The zero-order chi connectivity index (χ0) is 22.0. The molecule has 31 heavy (non-hydrogen) atoms. The van der Waals surface area contributed by atoms with E-state index >= 15 is 0 Å². The Bertz CT molecular complexity index is 1340. The van der Waals surface area contributed by atoms with E-state index in [2.05, 4.69) is 22.4 Å². The number of nitrogens with one attached hydrogen (secondary N) is 1. The van der Waals surface area contributed by atoms with Gasteiger partial charge >= 0.3 is 5.69 Å². The number of rotatable bonds is 7. The summed E-state index contributed by atoms with van der Waals surface area (Å²) in [5.41, 5.74) is 1.29. The van der Waals surface area contributed by atoms with Gasteiger partial charge in [0.1, 0.15) is 5.82 Å². The molecule has 0 radical (unpaired) electrons. The Morgan fingerprint density at radius 2 is 1.68 bits per heavy atom. The zero-order valence-corrected chi connectivity index (χ0v) is 17.5. The molecule has 0 saturated carbocycles. The van der Waals surface area contributed by atoms with Gasteiger partial charge < -0.3 is 5.32 Å². The molecule has 2 aromatic heterocycles. The van der Waals surface area contributed by atoms with E-state index in [1.54, 1.807) is 29.8 Å². The smallest absolute Gasteiger partial charge is 0.332 e. The van der Waals surface area contributed by atoms with E-state index in [0.717, 1.165) is 17.4 Å². The fourth-order valence-electron chi connectivity index (χ4n) is 3.67. The third-order valence-electron chi connectivity index (χ3n) is 5.40. The molecule has 0 amide bonds. The fourth-order valence-corrected chi connectivity index (χ4v) is 3.67. The first-order chi connectivity index (χ1) is 15.0. The molecule has 4 aromatic rings. The van der Waals surface area contributed by atoms with Crippen molar-refractivity contribution in [1.82, 2.24) is 18.7 Å². The van der Waals surface area contributed by atoms with Crippen molar-refractivity contribution in [2.24, 2.45) is 14.1 Å². The molecule has 0 spiro atoms. The summed E-state index contributed by atoms with van der Waals surface area (Å²) in [4.78, 5) is 29.8. The van der Waals surface area contributed by atoms with E-state index in [4.69, 9.17) is 0 Å². The number of halogens is 1. The number of nitrogens with zero attached hydrogens (tertiary/aromatic N) is 4. The Morgan fingerprint density at radius 3 is 2.42 bits per heavy atom. The normalized spacial score (nSPS) is 11.2. The van der Waals surface area contributed by atoms with Crippen LogP contribution in [0.1, 0.15) is 17.5 Å². The topological polar surface area (TPSA) is 73.8 Å². The lowest BCUT2D eigenvalue weighted by Gasteiger charge is -2.12. The number of benzene rings is 2. The minimum absolute atomic E-state index is 0.123. The molecule has 0 aliphatic rings. The Kier molecular flexibility index (Phi) is 5.70. The van der Waals surface area contributed by atoms with Gasteiger partial charge in [0.25, 0.3) is 5.56 Å². The minimum atomic E-state index is -0.459. The van der Waals surface area contributed by atoms with Crippen molar-refractivity contribution >= 4 is 17.1 Å². The number of imidazole rings is 1. The molecule has 2 aromatic carbocycles. The van der Waals surface area contributed by atoms with Crippen LogP contribution >= 0.6 is 0 Å². The fraction of sp³-hybridized carbons (Fsp3) is 0.261. The van der Waals surface area contributed by atoms with E-state index in [-0.39, 0.29) is 23.5 Å². The molecule has 0 atom stereocenters. The molecular formula is C23H24FN5O2. The number of hydrogen-bond acceptors (Lipinski definition) is 4. The maximum atomic E-state index is 14.3. The lowest BCUT2D eigenvalue weighted by molar-refractivity contribution is 0.601. The highest BCUT2D eigenvalue weighted by atomic mass is 19.1. The van der Waals surface area contributed by atoms with Crippen LogP contribution in [0.5, 0.6) is 0 Å². The number of aromatic nitrogens is 4. The van der Waals surface area contributed by atoms with Gasteiger partial charge in [-0.2, -0.15) is 4.98 Å². The van der Waals surface area contributed by atoms with Gasteiger partial charge in [-0.3, -0.25) is 18.5 Å². The predicted octanol–water partition coefficient (Wildman–Crippen LogP) is 2.67. The molecule has 7 nitrogen and oxygen atoms in total. The Labute approximate surface area is 178 Å². The van der Waals surface area contributed by atoms with Gasteiger partial charge in [-0.1, -0.05) is 48.5 Å². The molecular weight excluding hydrogens is 397 g/mol. The molecule has 4 rings (SSSR count). The van der Waals surface area contributed by atoms with Crippen LogP contribution in [-0.4, -0.2) is 25.2 Å². The van der Waals surface area contributed by atoms with Crippen LogP contribution in [0, 0.1) is 5.82 Å². The second-order valence-corrected chi connectivity index (χ2v) is 7.51. The molecule has 0 fully saturated rings. The molecule has 2 heterocycles. The van der Waals surface area contributed by atoms with Crippen LogP contribution in [0.4, 0.5) is 10.3 Å². The van der Waals surface area contributed by atoms with Crippen molar-refractivity contribution in [3.63, 3.8) is 0 Å². The molecule has 0 aliphatic carbocycles. The summed E-state index contributed by atoms with van der Waals surface area (Å²) < 4.78 is 18.4. The first kappa shape index (κ1) is 20.6. The third-order valence-corrected chi connectivity index (χ3v) is 5.40. The summed E-state index contributed by atoms with van der Waals surface area (Å²) in [6, 6.07) is 16.6. The molecule has 0 unspecified atom stereocenters. The SMILES string of the molecule is Cn1c(=O)c2c(nc(NCCCc3ccccc3)n2Cc2ccccc2F)n(C)c1=O. The quantitative estimate of drug-likeness (QED) is 0.466. The number of fused-ring (bicyclic) bond motifs is 1. The number of hydrogen-bond donors (Lipinski definition) is 1. The summed E-state index contributed by atoms with van der Waals surface area (Å²) in [5, 5.41) is 3.27. The van der Waals surface area contributed by atoms with Crippen molar-refractivity contribution in [2.45, 2.75) is 19.4 Å². The van der Waals surface area contributed by atoms with Crippen molar-refractivity contribution in [2.75, 3.05) is 11.9 Å². The minimum Gasteiger partial charge on any atom is -0.356 e. The van der Waals surface area contributed by atoms with Crippen LogP contribution in [-0.2, 0) is 27.1 Å². The second-order valence-electron chi connectivity index (χ2n) is 7.51. The standard InChI is InChI=1S/C23H24FN5O2/c1-27-20-19(21(30)28(2)23(27)31)29(15-17-12-6-7-13-18(17)24)22(26-20)25-14-8-11-16-9-4-3-5-10-16/h3-7,9-10,12-13H,8,11,14-15H2,1-2H3,(H,25,26). The molecule has 160 valence electrons. The Morgan fingerprint density at radius 1 is 0.968 bits per heavy atom. The average molecular weight is 421 g/mol. The van der Waals surface area contributed by atoms with Gasteiger partial charge in [-0.25, -0.2) is 9.18 Å². The van der Waals surface area contributed by atoms with Crippen LogP contribution in [0.25, 0.3) is 11.2 Å². The van der Waals surface area contributed by atoms with E-state index < -0.39 is 11.2 Å². The van der Waals surface area contributed by atoms with Gasteiger partial charge in [-0.15, -0.1) is 0 Å². The lowest BCUT2D eigenvalue weighted by atomic mass is 10.1. The van der Waals surface area contributed by atoms with Crippen molar-refractivity contribution in [3.8, 4) is 0 Å². The van der Waals surface area contributed by atoms with Crippen molar-refractivity contribution in [3.05, 3.63) is 92.4 Å². The maximum absolute atomic E-state index is 14.3. The van der Waals surface area contributed by atoms with Gasteiger partial charge in [0.15, 0.2) is 11.2 Å². The summed E-state index contributed by atoms with van der Waals surface area (Å²) >= 11 is 0. The average Bonchev–Trinajstić information content (AvgIpc) is 3.14. The van der Waals surface area contributed by atoms with E-state index in [9.17, 15) is 14.0 Å². The molecule has 1 N–H and O–H groups in total. The van der Waals surface area contributed by atoms with Crippen LogP contribution < -0.4 is 16.6 Å². The summed E-state index contributed by atoms with van der Waals surface area (Å²) in [6.07, 6.45) is 1.74.